The van der Waals surface area contributed by atoms with Crippen molar-refractivity contribution in [1.29, 1.82) is 0 Å². The summed E-state index contributed by atoms with van der Waals surface area (Å²) < 4.78 is 11.1. The van der Waals surface area contributed by atoms with Gasteiger partial charge in [-0.1, -0.05) is 60.7 Å². The number of carbonyl (C=O) groups is 1. The third-order valence-corrected chi connectivity index (χ3v) is 6.01. The number of hydrogen-bond acceptors (Lipinski definition) is 5. The lowest BCUT2D eigenvalue weighted by molar-refractivity contribution is 0.0136. The second-order valence-electron chi connectivity index (χ2n) is 8.79. The number of ether oxygens (including phenoxy) is 2. The Morgan fingerprint density at radius 2 is 1.50 bits per heavy atom. The molecule has 0 spiro atoms. The average molecular weight is 462 g/mol. The summed E-state index contributed by atoms with van der Waals surface area (Å²) in [5, 5.41) is 23.4. The number of hydrogen-bond donors (Lipinski definition) is 3. The van der Waals surface area contributed by atoms with Gasteiger partial charge in [-0.05, 0) is 60.2 Å². The van der Waals surface area contributed by atoms with Crippen LogP contribution in [0.15, 0.2) is 72.8 Å². The zero-order chi connectivity index (χ0) is 24.1. The predicted octanol–water partition coefficient (Wildman–Crippen LogP) is 4.80. The molecule has 4 rings (SSSR count). The second kappa shape index (κ2) is 10.7. The normalized spacial score (nSPS) is 14.3. The molecule has 0 bridgehead atoms. The third-order valence-electron chi connectivity index (χ3n) is 6.01. The van der Waals surface area contributed by atoms with E-state index in [2.05, 4.69) is 29.6 Å². The summed E-state index contributed by atoms with van der Waals surface area (Å²) in [7, 11) is 0. The molecule has 0 heterocycles. The van der Waals surface area contributed by atoms with Crippen LogP contribution in [0.4, 0.5) is 4.79 Å². The van der Waals surface area contributed by atoms with Crippen LogP contribution in [0.5, 0.6) is 5.75 Å². The highest BCUT2D eigenvalue weighted by molar-refractivity contribution is 5.79. The van der Waals surface area contributed by atoms with Crippen LogP contribution in [-0.2, 0) is 4.74 Å². The SMILES string of the molecule is CC(C)Oc1ccc(C(O)C(O)CCNC(=O)OCC2c3ccccc3-c3ccccc32)cc1. The van der Waals surface area contributed by atoms with E-state index in [0.717, 1.165) is 11.1 Å². The van der Waals surface area contributed by atoms with E-state index in [1.54, 1.807) is 24.3 Å². The largest absolute Gasteiger partial charge is 0.491 e. The quantitative estimate of drug-likeness (QED) is 0.426. The molecule has 178 valence electrons. The average Bonchev–Trinajstić information content (AvgIpc) is 3.16. The lowest BCUT2D eigenvalue weighted by atomic mass is 9.98. The molecule has 2 atom stereocenters. The summed E-state index contributed by atoms with van der Waals surface area (Å²) in [6.45, 7) is 4.30. The molecule has 34 heavy (non-hydrogen) atoms. The van der Waals surface area contributed by atoms with Crippen LogP contribution in [-0.4, -0.2) is 41.7 Å². The number of aliphatic hydroxyl groups excluding tert-OH is 2. The first-order chi connectivity index (χ1) is 16.4. The fraction of sp³-hybridized carbons (Fsp3) is 0.321. The number of aliphatic hydroxyl groups is 2. The first-order valence-corrected chi connectivity index (χ1v) is 11.7. The number of rotatable bonds is 9. The summed E-state index contributed by atoms with van der Waals surface area (Å²) in [6.07, 6.45) is -2.37. The molecule has 3 aromatic rings. The highest BCUT2D eigenvalue weighted by Crippen LogP contribution is 2.44. The van der Waals surface area contributed by atoms with Crippen LogP contribution in [0.2, 0.25) is 0 Å². The summed E-state index contributed by atoms with van der Waals surface area (Å²) in [5.74, 6) is 0.700. The molecule has 0 radical (unpaired) electrons. The Bertz CT molecular complexity index is 1070. The van der Waals surface area contributed by atoms with E-state index in [0.29, 0.717) is 11.3 Å². The minimum Gasteiger partial charge on any atom is -0.491 e. The zero-order valence-corrected chi connectivity index (χ0v) is 19.5. The fourth-order valence-corrected chi connectivity index (χ4v) is 4.37. The molecule has 1 aliphatic rings. The maximum Gasteiger partial charge on any atom is 0.407 e. The molecular formula is C28H31NO5. The number of alkyl carbamates (subject to hydrolysis) is 1. The van der Waals surface area contributed by atoms with Gasteiger partial charge in [-0.25, -0.2) is 4.79 Å². The number of carbonyl (C=O) groups excluding carboxylic acids is 1. The molecule has 3 aromatic carbocycles. The van der Waals surface area contributed by atoms with Crippen molar-refractivity contribution in [1.82, 2.24) is 5.32 Å². The summed E-state index contributed by atoms with van der Waals surface area (Å²) in [4.78, 5) is 12.3. The highest BCUT2D eigenvalue weighted by atomic mass is 16.5. The Labute approximate surface area is 200 Å². The minimum atomic E-state index is -1.06. The molecule has 0 saturated heterocycles. The van der Waals surface area contributed by atoms with Crippen molar-refractivity contribution < 1.29 is 24.5 Å². The van der Waals surface area contributed by atoms with Crippen LogP contribution in [0.1, 0.15) is 49.0 Å². The molecule has 3 N–H and O–H groups in total. The van der Waals surface area contributed by atoms with E-state index >= 15 is 0 Å². The third kappa shape index (κ3) is 5.41. The van der Waals surface area contributed by atoms with Crippen molar-refractivity contribution in [2.75, 3.05) is 13.2 Å². The number of fused-ring (bicyclic) bond motifs is 3. The number of benzene rings is 3. The maximum atomic E-state index is 12.3. The fourth-order valence-electron chi connectivity index (χ4n) is 4.37. The monoisotopic (exact) mass is 461 g/mol. The predicted molar refractivity (Wildman–Crippen MR) is 131 cm³/mol. The van der Waals surface area contributed by atoms with Gasteiger partial charge < -0.3 is 25.0 Å². The first kappa shape index (κ1) is 23.8. The van der Waals surface area contributed by atoms with Crippen LogP contribution in [0.25, 0.3) is 11.1 Å². The summed E-state index contributed by atoms with van der Waals surface area (Å²) >= 11 is 0. The van der Waals surface area contributed by atoms with Crippen molar-refractivity contribution in [3.05, 3.63) is 89.5 Å². The smallest absolute Gasteiger partial charge is 0.407 e. The van der Waals surface area contributed by atoms with Crippen molar-refractivity contribution >= 4 is 6.09 Å². The van der Waals surface area contributed by atoms with E-state index in [4.69, 9.17) is 9.47 Å². The Morgan fingerprint density at radius 1 is 0.912 bits per heavy atom. The van der Waals surface area contributed by atoms with Gasteiger partial charge in [-0.3, -0.25) is 0 Å². The summed E-state index contributed by atoms with van der Waals surface area (Å²) in [5.41, 5.74) is 5.24. The Kier molecular flexibility index (Phi) is 7.50. The minimum absolute atomic E-state index is 0.00629. The van der Waals surface area contributed by atoms with Gasteiger partial charge in [0.2, 0.25) is 0 Å². The van der Waals surface area contributed by atoms with Gasteiger partial charge in [0, 0.05) is 12.5 Å². The van der Waals surface area contributed by atoms with Gasteiger partial charge in [0.1, 0.15) is 18.5 Å². The van der Waals surface area contributed by atoms with E-state index in [1.165, 1.54) is 11.1 Å². The molecule has 6 nitrogen and oxygen atoms in total. The van der Waals surface area contributed by atoms with Gasteiger partial charge in [-0.15, -0.1) is 0 Å². The summed E-state index contributed by atoms with van der Waals surface area (Å²) in [6, 6.07) is 23.3. The van der Waals surface area contributed by atoms with Crippen molar-refractivity contribution in [3.8, 4) is 16.9 Å². The Morgan fingerprint density at radius 3 is 2.09 bits per heavy atom. The molecule has 1 amide bonds. The van der Waals surface area contributed by atoms with Crippen LogP contribution in [0, 0.1) is 0 Å². The van der Waals surface area contributed by atoms with Gasteiger partial charge in [0.25, 0.3) is 0 Å². The molecule has 0 aromatic heterocycles. The molecule has 6 heteroatoms. The topological polar surface area (TPSA) is 88.0 Å². The van der Waals surface area contributed by atoms with Crippen LogP contribution < -0.4 is 10.1 Å². The van der Waals surface area contributed by atoms with E-state index in [-0.39, 0.29) is 31.6 Å². The molecule has 0 aliphatic heterocycles. The number of nitrogens with one attached hydrogen (secondary N) is 1. The second-order valence-corrected chi connectivity index (χ2v) is 8.79. The van der Waals surface area contributed by atoms with Gasteiger partial charge in [0.15, 0.2) is 0 Å². The lowest BCUT2D eigenvalue weighted by Gasteiger charge is -2.19. The molecule has 1 aliphatic carbocycles. The lowest BCUT2D eigenvalue weighted by Crippen LogP contribution is -2.30. The Balaban J connectivity index is 1.25. The van der Waals surface area contributed by atoms with Gasteiger partial charge in [-0.2, -0.15) is 0 Å². The zero-order valence-electron chi connectivity index (χ0n) is 19.5. The van der Waals surface area contributed by atoms with Crippen molar-refractivity contribution in [3.63, 3.8) is 0 Å². The van der Waals surface area contributed by atoms with E-state index < -0.39 is 18.3 Å². The van der Waals surface area contributed by atoms with Crippen molar-refractivity contribution in [2.24, 2.45) is 0 Å². The van der Waals surface area contributed by atoms with Crippen molar-refractivity contribution in [2.45, 2.75) is 44.5 Å². The molecule has 2 unspecified atom stereocenters. The Hall–Kier alpha value is -3.35. The van der Waals surface area contributed by atoms with Gasteiger partial charge in [0.05, 0.1) is 12.2 Å². The molecule has 0 saturated carbocycles. The van der Waals surface area contributed by atoms with E-state index in [9.17, 15) is 15.0 Å². The first-order valence-electron chi connectivity index (χ1n) is 11.7. The molecule has 0 fully saturated rings. The number of amides is 1. The van der Waals surface area contributed by atoms with Crippen LogP contribution >= 0.6 is 0 Å². The van der Waals surface area contributed by atoms with Crippen LogP contribution in [0.3, 0.4) is 0 Å². The van der Waals surface area contributed by atoms with Gasteiger partial charge >= 0.3 is 6.09 Å². The van der Waals surface area contributed by atoms with E-state index in [1.807, 2.05) is 38.1 Å². The standard InChI is InChI=1S/C28H31NO5/c1-18(2)34-20-13-11-19(12-14-20)27(31)26(30)15-16-29-28(32)33-17-25-23-9-5-3-7-21(23)22-8-4-6-10-24(22)25/h3-14,18,25-27,30-31H,15-17H2,1-2H3,(H,29,32). The highest BCUT2D eigenvalue weighted by Gasteiger charge is 2.29. The molecular weight excluding hydrogens is 430 g/mol. The maximum absolute atomic E-state index is 12.3.